The van der Waals surface area contributed by atoms with E-state index in [1.165, 1.54) is 6.07 Å². The molecule has 0 saturated carbocycles. The Labute approximate surface area is 96.8 Å². The van der Waals surface area contributed by atoms with Crippen LogP contribution in [0.15, 0.2) is 18.2 Å². The number of rotatable bonds is 5. The Morgan fingerprint density at radius 3 is 2.62 bits per heavy atom. The smallest absolute Gasteiger partial charge is 0.123 e. The Kier molecular flexibility index (Phi) is 4.74. The van der Waals surface area contributed by atoms with Crippen LogP contribution in [0.4, 0.5) is 4.39 Å². The van der Waals surface area contributed by atoms with Gasteiger partial charge in [0.05, 0.1) is 7.11 Å². The number of hydrogen-bond donors (Lipinski definition) is 1. The molecule has 1 rings (SSSR count). The third-order valence-corrected chi connectivity index (χ3v) is 2.96. The predicted molar refractivity (Wildman–Crippen MR) is 64.5 cm³/mol. The lowest BCUT2D eigenvalue weighted by atomic mass is 9.93. The maximum absolute atomic E-state index is 13.2. The molecule has 1 aromatic carbocycles. The summed E-state index contributed by atoms with van der Waals surface area (Å²) in [6.07, 6.45) is 0. The first-order chi connectivity index (χ1) is 7.60. The molecule has 0 spiro atoms. The second kappa shape index (κ2) is 5.85. The van der Waals surface area contributed by atoms with Crippen molar-refractivity contribution in [3.05, 3.63) is 29.6 Å². The van der Waals surface area contributed by atoms with E-state index in [1.54, 1.807) is 19.2 Å². The van der Waals surface area contributed by atoms with Crippen molar-refractivity contribution >= 4 is 0 Å². The maximum Gasteiger partial charge on any atom is 0.123 e. The quantitative estimate of drug-likeness (QED) is 0.832. The van der Waals surface area contributed by atoms with E-state index in [0.717, 1.165) is 17.9 Å². The predicted octanol–water partition coefficient (Wildman–Crippen LogP) is 2.94. The Morgan fingerprint density at radius 2 is 2.06 bits per heavy atom. The van der Waals surface area contributed by atoms with Crippen LogP contribution in [0.1, 0.15) is 32.3 Å². The molecular weight excluding hydrogens is 205 g/mol. The topological polar surface area (TPSA) is 21.3 Å². The first-order valence-electron chi connectivity index (χ1n) is 5.67. The van der Waals surface area contributed by atoms with Gasteiger partial charge in [0.15, 0.2) is 0 Å². The largest absolute Gasteiger partial charge is 0.496 e. The van der Waals surface area contributed by atoms with E-state index >= 15 is 0 Å². The average molecular weight is 225 g/mol. The summed E-state index contributed by atoms with van der Waals surface area (Å²) in [6.45, 7) is 7.14. The minimum Gasteiger partial charge on any atom is -0.496 e. The molecule has 0 radical (unpaired) electrons. The van der Waals surface area contributed by atoms with Crippen LogP contribution in [0.3, 0.4) is 0 Å². The molecule has 1 aromatic rings. The Bertz CT molecular complexity index is 341. The highest BCUT2D eigenvalue weighted by Gasteiger charge is 2.17. The minimum absolute atomic E-state index is 0.214. The zero-order valence-corrected chi connectivity index (χ0v) is 10.4. The molecule has 16 heavy (non-hydrogen) atoms. The molecule has 90 valence electrons. The van der Waals surface area contributed by atoms with E-state index in [1.807, 2.05) is 0 Å². The highest BCUT2D eigenvalue weighted by molar-refractivity contribution is 5.37. The summed E-state index contributed by atoms with van der Waals surface area (Å²) in [4.78, 5) is 0. The number of halogens is 1. The summed E-state index contributed by atoms with van der Waals surface area (Å²) in [5.41, 5.74) is 0.913. The van der Waals surface area contributed by atoms with E-state index in [0.29, 0.717) is 6.04 Å². The van der Waals surface area contributed by atoms with Gasteiger partial charge < -0.3 is 10.1 Å². The highest BCUT2D eigenvalue weighted by atomic mass is 19.1. The lowest BCUT2D eigenvalue weighted by Crippen LogP contribution is -2.30. The average Bonchev–Trinajstić information content (AvgIpc) is 2.28. The van der Waals surface area contributed by atoms with Gasteiger partial charge in [0.2, 0.25) is 0 Å². The lowest BCUT2D eigenvalue weighted by Gasteiger charge is -2.22. The van der Waals surface area contributed by atoms with Crippen molar-refractivity contribution in [1.29, 1.82) is 0 Å². The van der Waals surface area contributed by atoms with E-state index in [-0.39, 0.29) is 11.7 Å². The number of ether oxygens (including phenoxy) is 1. The molecule has 0 aliphatic heterocycles. The molecule has 0 fully saturated rings. The van der Waals surface area contributed by atoms with Crippen LogP contribution in [0.2, 0.25) is 0 Å². The lowest BCUT2D eigenvalue weighted by molar-refractivity contribution is 0.396. The molecule has 0 bridgehead atoms. The summed E-state index contributed by atoms with van der Waals surface area (Å²) in [6, 6.07) is 4.95. The van der Waals surface area contributed by atoms with Crippen LogP contribution in [-0.2, 0) is 0 Å². The van der Waals surface area contributed by atoms with Crippen LogP contribution in [0.25, 0.3) is 0 Å². The number of hydrogen-bond acceptors (Lipinski definition) is 2. The maximum atomic E-state index is 13.2. The van der Waals surface area contributed by atoms with Gasteiger partial charge in [-0.2, -0.15) is 0 Å². The van der Waals surface area contributed by atoms with Crippen LogP contribution < -0.4 is 10.1 Å². The molecule has 0 amide bonds. The first-order valence-corrected chi connectivity index (χ1v) is 5.67. The van der Waals surface area contributed by atoms with Crippen LogP contribution in [-0.4, -0.2) is 19.7 Å². The monoisotopic (exact) mass is 225 g/mol. The normalized spacial score (nSPS) is 14.6. The van der Waals surface area contributed by atoms with Crippen molar-refractivity contribution < 1.29 is 9.13 Å². The molecule has 3 heteroatoms. The number of benzene rings is 1. The van der Waals surface area contributed by atoms with E-state index in [9.17, 15) is 4.39 Å². The fraction of sp³-hybridized carbons (Fsp3) is 0.538. The summed E-state index contributed by atoms with van der Waals surface area (Å²) < 4.78 is 18.5. The summed E-state index contributed by atoms with van der Waals surface area (Å²) in [5, 5.41) is 3.34. The van der Waals surface area contributed by atoms with Gasteiger partial charge in [-0.3, -0.25) is 0 Å². The third kappa shape index (κ3) is 2.95. The fourth-order valence-corrected chi connectivity index (χ4v) is 1.83. The summed E-state index contributed by atoms with van der Waals surface area (Å²) >= 11 is 0. The molecule has 2 unspecified atom stereocenters. The fourth-order valence-electron chi connectivity index (χ4n) is 1.83. The van der Waals surface area contributed by atoms with Crippen molar-refractivity contribution in [1.82, 2.24) is 5.32 Å². The Morgan fingerprint density at radius 1 is 1.38 bits per heavy atom. The van der Waals surface area contributed by atoms with Gasteiger partial charge in [0.25, 0.3) is 0 Å². The third-order valence-electron chi connectivity index (χ3n) is 2.96. The van der Waals surface area contributed by atoms with Crippen LogP contribution in [0, 0.1) is 5.82 Å². The molecular formula is C13H20FNO. The SMILES string of the molecule is CCNC(C)C(C)c1cc(F)ccc1OC. The number of nitrogens with one attached hydrogen (secondary N) is 1. The van der Waals surface area contributed by atoms with Crippen molar-refractivity contribution in [3.8, 4) is 5.75 Å². The number of methoxy groups -OCH3 is 1. The standard InChI is InChI=1S/C13H20FNO/c1-5-15-10(3)9(2)12-8-11(14)6-7-13(12)16-4/h6-10,15H,5H2,1-4H3. The van der Waals surface area contributed by atoms with Gasteiger partial charge in [-0.1, -0.05) is 13.8 Å². The zero-order chi connectivity index (χ0) is 12.1. The summed E-state index contributed by atoms with van der Waals surface area (Å²) in [7, 11) is 1.61. The zero-order valence-electron chi connectivity index (χ0n) is 10.4. The highest BCUT2D eigenvalue weighted by Crippen LogP contribution is 2.29. The van der Waals surface area contributed by atoms with Gasteiger partial charge in [-0.25, -0.2) is 4.39 Å². The van der Waals surface area contributed by atoms with Crippen LogP contribution in [0.5, 0.6) is 5.75 Å². The molecule has 0 aromatic heterocycles. The molecule has 2 atom stereocenters. The molecule has 0 aliphatic rings. The minimum atomic E-state index is -0.216. The Balaban J connectivity index is 2.96. The molecule has 1 N–H and O–H groups in total. The van der Waals surface area contributed by atoms with Crippen molar-refractivity contribution in [2.75, 3.05) is 13.7 Å². The molecule has 0 aliphatic carbocycles. The van der Waals surface area contributed by atoms with Gasteiger partial charge in [-0.05, 0) is 37.6 Å². The second-order valence-electron chi connectivity index (χ2n) is 4.02. The second-order valence-corrected chi connectivity index (χ2v) is 4.02. The Hall–Kier alpha value is -1.09. The van der Waals surface area contributed by atoms with E-state index in [2.05, 4.69) is 26.1 Å². The van der Waals surface area contributed by atoms with E-state index in [4.69, 9.17) is 4.74 Å². The van der Waals surface area contributed by atoms with Gasteiger partial charge >= 0.3 is 0 Å². The molecule has 2 nitrogen and oxygen atoms in total. The van der Waals surface area contributed by atoms with Crippen LogP contribution >= 0.6 is 0 Å². The van der Waals surface area contributed by atoms with Crippen molar-refractivity contribution in [2.45, 2.75) is 32.7 Å². The number of likely N-dealkylation sites (N-methyl/N-ethyl adjacent to an activating group) is 1. The van der Waals surface area contributed by atoms with Crippen molar-refractivity contribution in [2.24, 2.45) is 0 Å². The van der Waals surface area contributed by atoms with Gasteiger partial charge in [-0.15, -0.1) is 0 Å². The van der Waals surface area contributed by atoms with E-state index < -0.39 is 0 Å². The molecule has 0 saturated heterocycles. The van der Waals surface area contributed by atoms with Gasteiger partial charge in [0, 0.05) is 11.6 Å². The molecule has 0 heterocycles. The summed E-state index contributed by atoms with van der Waals surface area (Å²) in [5.74, 6) is 0.746. The van der Waals surface area contributed by atoms with Crippen molar-refractivity contribution in [3.63, 3.8) is 0 Å². The van der Waals surface area contributed by atoms with Gasteiger partial charge in [0.1, 0.15) is 11.6 Å². The first kappa shape index (κ1) is 13.0.